The van der Waals surface area contributed by atoms with Crippen molar-refractivity contribution in [3.63, 3.8) is 0 Å². The lowest BCUT2D eigenvalue weighted by Crippen LogP contribution is -2.43. The fourth-order valence-corrected chi connectivity index (χ4v) is 3.13. The number of carbonyl (C=O) groups excluding carboxylic acids is 1. The Morgan fingerprint density at radius 3 is 2.84 bits per heavy atom. The Morgan fingerprint density at radius 1 is 1.53 bits per heavy atom. The molecule has 0 aliphatic carbocycles. The Balaban J connectivity index is 2.49. The third-order valence-electron chi connectivity index (χ3n) is 3.45. The maximum atomic E-state index is 11.8. The molecule has 1 aliphatic rings. The number of carboxylic acid groups (broad SMARTS) is 1. The minimum absolute atomic E-state index is 0.0469. The summed E-state index contributed by atoms with van der Waals surface area (Å²) in [4.78, 5) is 24.7. The number of carboxylic acids is 1. The molecule has 0 bridgehead atoms. The zero-order valence-electron chi connectivity index (χ0n) is 10.3. The lowest BCUT2D eigenvalue weighted by atomic mass is 9.85. The molecule has 1 heterocycles. The first-order chi connectivity index (χ1) is 8.91. The number of hydrogen-bond acceptors (Lipinski definition) is 2. The van der Waals surface area contributed by atoms with E-state index < -0.39 is 17.9 Å². The van der Waals surface area contributed by atoms with Crippen LogP contribution in [0.25, 0.3) is 0 Å². The van der Waals surface area contributed by atoms with Gasteiger partial charge in [-0.25, -0.2) is 0 Å². The largest absolute Gasteiger partial charge is 0.481 e. The standard InChI is InChI=1S/C13H13BrClNO3/c1-16-11(17)5-3-8(13(18)19)12(16)9-6-7(15)2-4-10(9)14/h2,4,6,8,12H,3,5H2,1H3,(H,18,19). The van der Waals surface area contributed by atoms with Gasteiger partial charge in [-0.3, -0.25) is 9.59 Å². The van der Waals surface area contributed by atoms with E-state index in [1.165, 1.54) is 4.90 Å². The van der Waals surface area contributed by atoms with Crippen LogP contribution < -0.4 is 0 Å². The van der Waals surface area contributed by atoms with Crippen molar-refractivity contribution in [2.45, 2.75) is 18.9 Å². The maximum absolute atomic E-state index is 11.8. The minimum Gasteiger partial charge on any atom is -0.481 e. The van der Waals surface area contributed by atoms with Crippen LogP contribution in [-0.4, -0.2) is 28.9 Å². The van der Waals surface area contributed by atoms with Crippen LogP contribution in [0.15, 0.2) is 22.7 Å². The van der Waals surface area contributed by atoms with Gasteiger partial charge in [0, 0.05) is 23.0 Å². The summed E-state index contributed by atoms with van der Waals surface area (Å²) in [5, 5.41) is 9.87. The zero-order valence-corrected chi connectivity index (χ0v) is 12.6. The monoisotopic (exact) mass is 345 g/mol. The van der Waals surface area contributed by atoms with Gasteiger partial charge >= 0.3 is 5.97 Å². The van der Waals surface area contributed by atoms with Gasteiger partial charge in [0.15, 0.2) is 0 Å². The molecule has 2 rings (SSSR count). The van der Waals surface area contributed by atoms with Crippen LogP contribution in [0.1, 0.15) is 24.4 Å². The lowest BCUT2D eigenvalue weighted by Gasteiger charge is -2.37. The van der Waals surface area contributed by atoms with Crippen molar-refractivity contribution in [2.75, 3.05) is 7.05 Å². The molecule has 0 spiro atoms. The van der Waals surface area contributed by atoms with Crippen molar-refractivity contribution in [3.8, 4) is 0 Å². The SMILES string of the molecule is CN1C(=O)CCC(C(=O)O)C1c1cc(Cl)ccc1Br. The number of rotatable bonds is 2. The second-order valence-corrected chi connectivity index (χ2v) is 5.89. The molecule has 6 heteroatoms. The summed E-state index contributed by atoms with van der Waals surface area (Å²) in [5.41, 5.74) is 0.732. The van der Waals surface area contributed by atoms with E-state index in [2.05, 4.69) is 15.9 Å². The predicted octanol–water partition coefficient (Wildman–Crippen LogP) is 3.10. The molecule has 19 heavy (non-hydrogen) atoms. The molecule has 2 atom stereocenters. The van der Waals surface area contributed by atoms with E-state index in [9.17, 15) is 14.7 Å². The van der Waals surface area contributed by atoms with Crippen LogP contribution in [0.3, 0.4) is 0 Å². The molecule has 2 unspecified atom stereocenters. The number of amides is 1. The number of carbonyl (C=O) groups is 2. The van der Waals surface area contributed by atoms with Crippen molar-refractivity contribution in [3.05, 3.63) is 33.3 Å². The highest BCUT2D eigenvalue weighted by Gasteiger charge is 2.39. The average molecular weight is 347 g/mol. The normalized spacial score (nSPS) is 23.5. The smallest absolute Gasteiger partial charge is 0.308 e. The fourth-order valence-electron chi connectivity index (χ4n) is 2.46. The summed E-state index contributed by atoms with van der Waals surface area (Å²) in [7, 11) is 1.63. The van der Waals surface area contributed by atoms with Crippen molar-refractivity contribution in [1.29, 1.82) is 0 Å². The van der Waals surface area contributed by atoms with Gasteiger partial charge < -0.3 is 10.0 Å². The Hall–Kier alpha value is -1.07. The van der Waals surface area contributed by atoms with Crippen molar-refractivity contribution in [1.82, 2.24) is 4.90 Å². The molecule has 1 N–H and O–H groups in total. The molecule has 1 aromatic rings. The number of benzene rings is 1. The second kappa shape index (κ2) is 5.51. The summed E-state index contributed by atoms with van der Waals surface area (Å²) in [5.74, 6) is -1.55. The first kappa shape index (κ1) is 14.3. The molecule has 0 radical (unpaired) electrons. The van der Waals surface area contributed by atoms with Crippen LogP contribution in [0.4, 0.5) is 0 Å². The van der Waals surface area contributed by atoms with Crippen LogP contribution >= 0.6 is 27.5 Å². The second-order valence-electron chi connectivity index (χ2n) is 4.60. The minimum atomic E-state index is -0.892. The van der Waals surface area contributed by atoms with Gasteiger partial charge in [0.25, 0.3) is 0 Å². The van der Waals surface area contributed by atoms with Crippen molar-refractivity contribution < 1.29 is 14.7 Å². The molecule has 1 amide bonds. The van der Waals surface area contributed by atoms with Gasteiger partial charge in [0.1, 0.15) is 0 Å². The molecule has 0 saturated carbocycles. The molecular weight excluding hydrogens is 334 g/mol. The average Bonchev–Trinajstić information content (AvgIpc) is 2.35. The Bertz CT molecular complexity index is 535. The van der Waals surface area contributed by atoms with Crippen LogP contribution in [0.2, 0.25) is 5.02 Å². The van der Waals surface area contributed by atoms with Gasteiger partial charge in [-0.2, -0.15) is 0 Å². The number of aliphatic carboxylic acids is 1. The van der Waals surface area contributed by atoms with Gasteiger partial charge in [0.2, 0.25) is 5.91 Å². The maximum Gasteiger partial charge on any atom is 0.308 e. The molecule has 1 fully saturated rings. The highest BCUT2D eigenvalue weighted by atomic mass is 79.9. The summed E-state index contributed by atoms with van der Waals surface area (Å²) < 4.78 is 0.759. The van der Waals surface area contributed by atoms with E-state index in [4.69, 9.17) is 11.6 Å². The number of piperidine rings is 1. The van der Waals surface area contributed by atoms with Gasteiger partial charge in [0.05, 0.1) is 12.0 Å². The zero-order chi connectivity index (χ0) is 14.2. The molecule has 1 aliphatic heterocycles. The highest BCUT2D eigenvalue weighted by molar-refractivity contribution is 9.10. The van der Waals surface area contributed by atoms with E-state index in [1.807, 2.05) is 0 Å². The van der Waals surface area contributed by atoms with Crippen molar-refractivity contribution in [2.24, 2.45) is 5.92 Å². The first-order valence-corrected chi connectivity index (χ1v) is 7.02. The molecule has 4 nitrogen and oxygen atoms in total. The molecule has 0 aromatic heterocycles. The Morgan fingerprint density at radius 2 is 2.21 bits per heavy atom. The third kappa shape index (κ3) is 2.77. The van der Waals surface area contributed by atoms with E-state index >= 15 is 0 Å². The summed E-state index contributed by atoms with van der Waals surface area (Å²) >= 11 is 9.38. The summed E-state index contributed by atoms with van der Waals surface area (Å²) in [6, 6.07) is 4.70. The molecule has 1 aromatic carbocycles. The molecule has 1 saturated heterocycles. The predicted molar refractivity (Wildman–Crippen MR) is 75.0 cm³/mol. The van der Waals surface area contributed by atoms with E-state index in [0.29, 0.717) is 11.4 Å². The Labute approximate surface area is 124 Å². The van der Waals surface area contributed by atoms with E-state index in [-0.39, 0.29) is 12.3 Å². The van der Waals surface area contributed by atoms with Crippen molar-refractivity contribution >= 4 is 39.4 Å². The van der Waals surface area contributed by atoms with Crippen LogP contribution in [-0.2, 0) is 9.59 Å². The number of halogens is 2. The van der Waals surface area contributed by atoms with Gasteiger partial charge in [-0.05, 0) is 30.2 Å². The number of likely N-dealkylation sites (tertiary alicyclic amines) is 1. The fraction of sp³-hybridized carbons (Fsp3) is 0.385. The van der Waals surface area contributed by atoms with E-state index in [1.54, 1.807) is 25.2 Å². The first-order valence-electron chi connectivity index (χ1n) is 5.85. The quantitative estimate of drug-likeness (QED) is 0.895. The molecular formula is C13H13BrClNO3. The topological polar surface area (TPSA) is 57.6 Å². The lowest BCUT2D eigenvalue weighted by molar-refractivity contribution is -0.150. The number of nitrogens with zero attached hydrogens (tertiary/aromatic N) is 1. The van der Waals surface area contributed by atoms with E-state index in [0.717, 1.165) is 10.0 Å². The molecule has 102 valence electrons. The van der Waals surface area contributed by atoms with Gasteiger partial charge in [-0.15, -0.1) is 0 Å². The number of hydrogen-bond donors (Lipinski definition) is 1. The summed E-state index contributed by atoms with van der Waals surface area (Å²) in [6.07, 6.45) is 0.615. The van der Waals surface area contributed by atoms with Crippen LogP contribution in [0, 0.1) is 5.92 Å². The Kier molecular flexibility index (Phi) is 4.16. The third-order valence-corrected chi connectivity index (χ3v) is 4.41. The summed E-state index contributed by atoms with van der Waals surface area (Å²) in [6.45, 7) is 0. The van der Waals surface area contributed by atoms with Gasteiger partial charge in [-0.1, -0.05) is 27.5 Å². The highest BCUT2D eigenvalue weighted by Crippen LogP contribution is 2.39. The van der Waals surface area contributed by atoms with Crippen LogP contribution in [0.5, 0.6) is 0 Å².